The van der Waals surface area contributed by atoms with Crippen molar-refractivity contribution in [3.63, 3.8) is 0 Å². The number of nitrogens with zero attached hydrogens (tertiary/aromatic N) is 1. The van der Waals surface area contributed by atoms with Crippen molar-refractivity contribution in [1.82, 2.24) is 4.98 Å². The molecule has 4 nitrogen and oxygen atoms in total. The maximum Gasteiger partial charge on any atom is 0.326 e. The molecule has 0 fully saturated rings. The number of aliphatic carboxylic acids is 1. The Morgan fingerprint density at radius 3 is 2.65 bits per heavy atom. The van der Waals surface area contributed by atoms with Crippen molar-refractivity contribution in [2.45, 2.75) is 33.2 Å². The fourth-order valence-corrected chi connectivity index (χ4v) is 2.21. The van der Waals surface area contributed by atoms with E-state index in [9.17, 15) is 9.90 Å². The van der Waals surface area contributed by atoms with Crippen LogP contribution in [0.25, 0.3) is 10.8 Å². The van der Waals surface area contributed by atoms with Gasteiger partial charge in [0.25, 0.3) is 0 Å². The summed E-state index contributed by atoms with van der Waals surface area (Å²) >= 11 is 0. The van der Waals surface area contributed by atoms with E-state index in [2.05, 4.69) is 10.3 Å². The second-order valence-corrected chi connectivity index (χ2v) is 6.18. The van der Waals surface area contributed by atoms with E-state index in [1.807, 2.05) is 51.1 Å². The first-order valence-electron chi connectivity index (χ1n) is 6.70. The highest BCUT2D eigenvalue weighted by atomic mass is 16.4. The van der Waals surface area contributed by atoms with Crippen LogP contribution in [0.2, 0.25) is 0 Å². The standard InChI is InChI=1S/C16H20N2O2/c1-16(2,3)10-13(15(19)20)18-14-12-7-5-4-6-11(12)8-9-17-14/h4-9,13H,10H2,1-3H3,(H,17,18)(H,19,20)/t13-/m0/s1. The summed E-state index contributed by atoms with van der Waals surface area (Å²) in [6.45, 7) is 6.09. The van der Waals surface area contributed by atoms with Crippen LogP contribution in [0.4, 0.5) is 5.82 Å². The summed E-state index contributed by atoms with van der Waals surface area (Å²) in [7, 11) is 0. The zero-order valence-electron chi connectivity index (χ0n) is 12.1. The second kappa shape index (κ2) is 5.49. The molecule has 2 N–H and O–H groups in total. The Labute approximate surface area is 118 Å². The Bertz CT molecular complexity index is 612. The minimum absolute atomic E-state index is 0.0688. The monoisotopic (exact) mass is 272 g/mol. The smallest absolute Gasteiger partial charge is 0.326 e. The normalized spacial score (nSPS) is 13.2. The summed E-state index contributed by atoms with van der Waals surface area (Å²) < 4.78 is 0. The summed E-state index contributed by atoms with van der Waals surface area (Å²) in [5.74, 6) is -0.227. The Morgan fingerprint density at radius 2 is 2.00 bits per heavy atom. The number of nitrogens with one attached hydrogen (secondary N) is 1. The molecule has 0 bridgehead atoms. The van der Waals surface area contributed by atoms with Crippen LogP contribution in [0.3, 0.4) is 0 Å². The summed E-state index contributed by atoms with van der Waals surface area (Å²) in [6.07, 6.45) is 2.23. The number of fused-ring (bicyclic) bond motifs is 1. The van der Waals surface area contributed by atoms with E-state index in [-0.39, 0.29) is 5.41 Å². The number of carbonyl (C=O) groups is 1. The van der Waals surface area contributed by atoms with Gasteiger partial charge in [-0.15, -0.1) is 0 Å². The maximum atomic E-state index is 11.4. The van der Waals surface area contributed by atoms with Crippen molar-refractivity contribution >= 4 is 22.6 Å². The first kappa shape index (κ1) is 14.3. The van der Waals surface area contributed by atoms with Crippen LogP contribution in [-0.2, 0) is 4.79 Å². The molecule has 0 unspecified atom stereocenters. The van der Waals surface area contributed by atoms with Crippen molar-refractivity contribution in [1.29, 1.82) is 0 Å². The summed E-state index contributed by atoms with van der Waals surface area (Å²) in [5.41, 5.74) is -0.0688. The van der Waals surface area contributed by atoms with Crippen LogP contribution in [0.1, 0.15) is 27.2 Å². The maximum absolute atomic E-state index is 11.4. The van der Waals surface area contributed by atoms with Crippen LogP contribution < -0.4 is 5.32 Å². The molecule has 1 heterocycles. The molecule has 0 amide bonds. The van der Waals surface area contributed by atoms with Gasteiger partial charge in [0.1, 0.15) is 11.9 Å². The Hall–Kier alpha value is -2.10. The van der Waals surface area contributed by atoms with Crippen molar-refractivity contribution < 1.29 is 9.90 Å². The topological polar surface area (TPSA) is 62.2 Å². The minimum Gasteiger partial charge on any atom is -0.480 e. The molecule has 4 heteroatoms. The molecule has 20 heavy (non-hydrogen) atoms. The molecule has 1 aromatic carbocycles. The molecule has 1 atom stereocenters. The van der Waals surface area contributed by atoms with E-state index in [0.29, 0.717) is 12.2 Å². The lowest BCUT2D eigenvalue weighted by atomic mass is 9.88. The molecule has 2 aromatic rings. The van der Waals surface area contributed by atoms with Gasteiger partial charge in [0.05, 0.1) is 0 Å². The van der Waals surface area contributed by atoms with E-state index in [0.717, 1.165) is 10.8 Å². The lowest BCUT2D eigenvalue weighted by molar-refractivity contribution is -0.138. The van der Waals surface area contributed by atoms with Gasteiger partial charge in [-0.2, -0.15) is 0 Å². The lowest BCUT2D eigenvalue weighted by Gasteiger charge is -2.24. The Kier molecular flexibility index (Phi) is 3.93. The van der Waals surface area contributed by atoms with Crippen molar-refractivity contribution in [3.05, 3.63) is 36.5 Å². The predicted molar refractivity (Wildman–Crippen MR) is 80.9 cm³/mol. The number of anilines is 1. The summed E-state index contributed by atoms with van der Waals surface area (Å²) in [5, 5.41) is 14.4. The molecule has 2 rings (SSSR count). The highest BCUT2D eigenvalue weighted by molar-refractivity contribution is 5.93. The molecule has 0 aliphatic rings. The van der Waals surface area contributed by atoms with Gasteiger partial charge < -0.3 is 10.4 Å². The number of hydrogen-bond acceptors (Lipinski definition) is 3. The number of benzene rings is 1. The quantitative estimate of drug-likeness (QED) is 0.893. The van der Waals surface area contributed by atoms with Crippen LogP contribution >= 0.6 is 0 Å². The zero-order valence-corrected chi connectivity index (χ0v) is 12.1. The average molecular weight is 272 g/mol. The van der Waals surface area contributed by atoms with Crippen molar-refractivity contribution in [2.75, 3.05) is 5.32 Å². The molecule has 0 radical (unpaired) electrons. The number of aromatic nitrogens is 1. The van der Waals surface area contributed by atoms with Crippen molar-refractivity contribution in [2.24, 2.45) is 5.41 Å². The van der Waals surface area contributed by atoms with Crippen LogP contribution in [0, 0.1) is 5.41 Å². The first-order chi connectivity index (χ1) is 9.37. The van der Waals surface area contributed by atoms with E-state index < -0.39 is 12.0 Å². The number of hydrogen-bond donors (Lipinski definition) is 2. The third-order valence-electron chi connectivity index (χ3n) is 3.10. The largest absolute Gasteiger partial charge is 0.480 e. The third kappa shape index (κ3) is 3.47. The summed E-state index contributed by atoms with van der Waals surface area (Å²) in [6, 6.07) is 9.08. The van der Waals surface area contributed by atoms with E-state index in [1.54, 1.807) is 6.20 Å². The highest BCUT2D eigenvalue weighted by Gasteiger charge is 2.25. The van der Waals surface area contributed by atoms with E-state index in [4.69, 9.17) is 0 Å². The molecular weight excluding hydrogens is 252 g/mol. The number of carboxylic acid groups (broad SMARTS) is 1. The van der Waals surface area contributed by atoms with Gasteiger partial charge in [0.15, 0.2) is 0 Å². The Balaban J connectivity index is 2.31. The third-order valence-corrected chi connectivity index (χ3v) is 3.10. The minimum atomic E-state index is -0.852. The van der Waals surface area contributed by atoms with Crippen LogP contribution in [0.5, 0.6) is 0 Å². The molecule has 106 valence electrons. The molecule has 0 saturated heterocycles. The van der Waals surface area contributed by atoms with Gasteiger partial charge in [-0.25, -0.2) is 9.78 Å². The molecular formula is C16H20N2O2. The Morgan fingerprint density at radius 1 is 1.30 bits per heavy atom. The molecule has 1 aromatic heterocycles. The molecule has 0 aliphatic carbocycles. The fourth-order valence-electron chi connectivity index (χ4n) is 2.21. The molecule has 0 aliphatic heterocycles. The SMILES string of the molecule is CC(C)(C)C[C@H](Nc1nccc2ccccc12)C(=O)O. The number of rotatable bonds is 4. The number of carboxylic acids is 1. The van der Waals surface area contributed by atoms with Gasteiger partial charge in [-0.3, -0.25) is 0 Å². The highest BCUT2D eigenvalue weighted by Crippen LogP contribution is 2.25. The van der Waals surface area contributed by atoms with E-state index in [1.165, 1.54) is 0 Å². The van der Waals surface area contributed by atoms with Gasteiger partial charge >= 0.3 is 5.97 Å². The van der Waals surface area contributed by atoms with Gasteiger partial charge in [-0.05, 0) is 23.3 Å². The predicted octanol–water partition coefficient (Wildman–Crippen LogP) is 3.54. The first-order valence-corrected chi connectivity index (χ1v) is 6.70. The molecule has 0 saturated carbocycles. The van der Waals surface area contributed by atoms with Gasteiger partial charge in [0.2, 0.25) is 0 Å². The van der Waals surface area contributed by atoms with Crippen molar-refractivity contribution in [3.8, 4) is 0 Å². The van der Waals surface area contributed by atoms with Crippen LogP contribution in [0.15, 0.2) is 36.5 Å². The second-order valence-electron chi connectivity index (χ2n) is 6.18. The number of pyridine rings is 1. The average Bonchev–Trinajstić information content (AvgIpc) is 2.36. The van der Waals surface area contributed by atoms with Gasteiger partial charge in [-0.1, -0.05) is 45.0 Å². The summed E-state index contributed by atoms with van der Waals surface area (Å²) in [4.78, 5) is 15.7. The van der Waals surface area contributed by atoms with Gasteiger partial charge in [0, 0.05) is 11.6 Å². The van der Waals surface area contributed by atoms with Crippen LogP contribution in [-0.4, -0.2) is 22.1 Å². The lowest BCUT2D eigenvalue weighted by Crippen LogP contribution is -2.33. The zero-order chi connectivity index (χ0) is 14.8. The van der Waals surface area contributed by atoms with E-state index >= 15 is 0 Å². The fraction of sp³-hybridized carbons (Fsp3) is 0.375. The molecule has 0 spiro atoms.